The molecule has 0 aromatic heterocycles. The van der Waals surface area contributed by atoms with Gasteiger partial charge in [-0.15, -0.1) is 0 Å². The van der Waals surface area contributed by atoms with Gasteiger partial charge in [0.05, 0.1) is 7.11 Å². The Labute approximate surface area is 129 Å². The number of rotatable bonds is 6. The molecule has 0 radical (unpaired) electrons. The predicted octanol–water partition coefficient (Wildman–Crippen LogP) is 4.65. The summed E-state index contributed by atoms with van der Waals surface area (Å²) in [4.78, 5) is 0. The van der Waals surface area contributed by atoms with Crippen molar-refractivity contribution in [2.75, 3.05) is 13.7 Å². The molecule has 0 aliphatic carbocycles. The van der Waals surface area contributed by atoms with E-state index in [-0.39, 0.29) is 5.82 Å². The highest BCUT2D eigenvalue weighted by molar-refractivity contribution is 6.33. The van der Waals surface area contributed by atoms with E-state index in [0.717, 1.165) is 29.8 Å². The van der Waals surface area contributed by atoms with Crippen molar-refractivity contribution >= 4 is 11.6 Å². The third kappa shape index (κ3) is 3.96. The molecule has 2 rings (SSSR count). The average molecular weight is 308 g/mol. The summed E-state index contributed by atoms with van der Waals surface area (Å²) in [6.45, 7) is 3.73. The molecule has 0 spiro atoms. The molecular weight excluding hydrogens is 289 g/mol. The molecule has 4 heteroatoms. The van der Waals surface area contributed by atoms with E-state index >= 15 is 0 Å². The fraction of sp³-hybridized carbons (Fsp3) is 0.294. The lowest BCUT2D eigenvalue weighted by Crippen LogP contribution is -2.14. The Morgan fingerprint density at radius 2 is 1.95 bits per heavy atom. The largest absolute Gasteiger partial charge is 0.497 e. The van der Waals surface area contributed by atoms with Crippen molar-refractivity contribution in [2.24, 2.45) is 0 Å². The minimum atomic E-state index is -0.294. The average Bonchev–Trinajstić information content (AvgIpc) is 2.50. The quantitative estimate of drug-likeness (QED) is 0.784. The summed E-state index contributed by atoms with van der Waals surface area (Å²) in [5.74, 6) is 0.484. The molecule has 0 aliphatic heterocycles. The molecule has 2 aromatic rings. The molecule has 0 aliphatic rings. The van der Waals surface area contributed by atoms with Gasteiger partial charge in [0.2, 0.25) is 0 Å². The second kappa shape index (κ2) is 7.43. The Kier molecular flexibility index (Phi) is 5.59. The van der Waals surface area contributed by atoms with Crippen molar-refractivity contribution in [1.29, 1.82) is 0 Å². The Balaban J connectivity index is 2.43. The first kappa shape index (κ1) is 15.8. The van der Waals surface area contributed by atoms with Crippen molar-refractivity contribution in [2.45, 2.75) is 19.9 Å². The van der Waals surface area contributed by atoms with Crippen LogP contribution in [0.25, 0.3) is 11.1 Å². The third-order valence-electron chi connectivity index (χ3n) is 3.27. The fourth-order valence-corrected chi connectivity index (χ4v) is 2.43. The SMILES string of the molecule is CCCNCc1cc(OC)ccc1-c1cc(F)ccc1Cl. The van der Waals surface area contributed by atoms with E-state index in [1.165, 1.54) is 12.1 Å². The van der Waals surface area contributed by atoms with Crippen LogP contribution in [0.15, 0.2) is 36.4 Å². The van der Waals surface area contributed by atoms with Crippen LogP contribution < -0.4 is 10.1 Å². The normalized spacial score (nSPS) is 10.7. The van der Waals surface area contributed by atoms with E-state index < -0.39 is 0 Å². The van der Waals surface area contributed by atoms with Crippen molar-refractivity contribution < 1.29 is 9.13 Å². The third-order valence-corrected chi connectivity index (χ3v) is 3.60. The number of hydrogen-bond acceptors (Lipinski definition) is 2. The first-order valence-electron chi connectivity index (χ1n) is 6.98. The smallest absolute Gasteiger partial charge is 0.123 e. The van der Waals surface area contributed by atoms with Crippen LogP contribution >= 0.6 is 11.6 Å². The number of hydrogen-bond donors (Lipinski definition) is 1. The van der Waals surface area contributed by atoms with Crippen LogP contribution in [0.4, 0.5) is 4.39 Å². The highest BCUT2D eigenvalue weighted by Gasteiger charge is 2.11. The summed E-state index contributed by atoms with van der Waals surface area (Å²) in [5.41, 5.74) is 2.66. The standard InChI is InChI=1S/C17H19ClFNO/c1-3-8-20-11-12-9-14(21-2)5-6-15(12)16-10-13(19)4-7-17(16)18/h4-7,9-10,20H,3,8,11H2,1-2H3. The second-order valence-electron chi connectivity index (χ2n) is 4.82. The van der Waals surface area contributed by atoms with Crippen LogP contribution in [-0.2, 0) is 6.54 Å². The number of benzene rings is 2. The maximum atomic E-state index is 13.5. The van der Waals surface area contributed by atoms with Crippen LogP contribution in [0, 0.1) is 5.82 Å². The summed E-state index contributed by atoms with van der Waals surface area (Å²) in [5, 5.41) is 3.89. The van der Waals surface area contributed by atoms with Crippen LogP contribution in [0.1, 0.15) is 18.9 Å². The summed E-state index contributed by atoms with van der Waals surface area (Å²) < 4.78 is 18.8. The van der Waals surface area contributed by atoms with Gasteiger partial charge < -0.3 is 10.1 Å². The van der Waals surface area contributed by atoms with Crippen molar-refractivity contribution in [3.63, 3.8) is 0 Å². The summed E-state index contributed by atoms with van der Waals surface area (Å²) >= 11 is 6.22. The Bertz CT molecular complexity index is 616. The van der Waals surface area contributed by atoms with Gasteiger partial charge in [-0.25, -0.2) is 4.39 Å². The Morgan fingerprint density at radius 1 is 1.14 bits per heavy atom. The van der Waals surface area contributed by atoms with E-state index in [0.29, 0.717) is 17.1 Å². The maximum Gasteiger partial charge on any atom is 0.123 e. The highest BCUT2D eigenvalue weighted by atomic mass is 35.5. The molecule has 0 fully saturated rings. The van der Waals surface area contributed by atoms with Crippen LogP contribution in [0.2, 0.25) is 5.02 Å². The van der Waals surface area contributed by atoms with Gasteiger partial charge >= 0.3 is 0 Å². The molecule has 0 saturated heterocycles. The number of halogens is 2. The van der Waals surface area contributed by atoms with Gasteiger partial charge in [0.15, 0.2) is 0 Å². The minimum Gasteiger partial charge on any atom is -0.497 e. The summed E-state index contributed by atoms with van der Waals surface area (Å²) in [6.07, 6.45) is 1.06. The molecule has 0 saturated carbocycles. The van der Waals surface area contributed by atoms with Crippen molar-refractivity contribution in [1.82, 2.24) is 5.32 Å². The van der Waals surface area contributed by atoms with E-state index in [2.05, 4.69) is 12.2 Å². The van der Waals surface area contributed by atoms with Gasteiger partial charge in [0.25, 0.3) is 0 Å². The Hall–Kier alpha value is -1.58. The number of ether oxygens (including phenoxy) is 1. The van der Waals surface area contributed by atoms with E-state index in [9.17, 15) is 4.39 Å². The zero-order valence-electron chi connectivity index (χ0n) is 12.2. The van der Waals surface area contributed by atoms with Gasteiger partial charge in [0, 0.05) is 17.1 Å². The molecule has 0 unspecified atom stereocenters. The topological polar surface area (TPSA) is 21.3 Å². The lowest BCUT2D eigenvalue weighted by Gasteiger charge is -2.14. The van der Waals surface area contributed by atoms with Gasteiger partial charge in [-0.1, -0.05) is 24.6 Å². The second-order valence-corrected chi connectivity index (χ2v) is 5.23. The first-order valence-corrected chi connectivity index (χ1v) is 7.36. The zero-order valence-corrected chi connectivity index (χ0v) is 13.0. The molecule has 21 heavy (non-hydrogen) atoms. The van der Waals surface area contributed by atoms with Crippen molar-refractivity contribution in [3.8, 4) is 16.9 Å². The molecule has 0 atom stereocenters. The maximum absolute atomic E-state index is 13.5. The van der Waals surface area contributed by atoms with Gasteiger partial charge in [0.1, 0.15) is 11.6 Å². The minimum absolute atomic E-state index is 0.294. The number of nitrogens with one attached hydrogen (secondary N) is 1. The monoisotopic (exact) mass is 307 g/mol. The molecule has 0 bridgehead atoms. The lowest BCUT2D eigenvalue weighted by molar-refractivity contribution is 0.414. The van der Waals surface area contributed by atoms with Gasteiger partial charge in [-0.2, -0.15) is 0 Å². The van der Waals surface area contributed by atoms with Crippen LogP contribution in [-0.4, -0.2) is 13.7 Å². The summed E-state index contributed by atoms with van der Waals surface area (Å²) in [7, 11) is 1.63. The fourth-order valence-electron chi connectivity index (χ4n) is 2.21. The Morgan fingerprint density at radius 3 is 2.67 bits per heavy atom. The molecule has 1 N–H and O–H groups in total. The van der Waals surface area contributed by atoms with E-state index in [4.69, 9.17) is 16.3 Å². The molecule has 112 valence electrons. The van der Waals surface area contributed by atoms with Crippen molar-refractivity contribution in [3.05, 3.63) is 52.8 Å². The van der Waals surface area contributed by atoms with Gasteiger partial charge in [-0.05, 0) is 54.4 Å². The molecule has 0 heterocycles. The molecule has 2 aromatic carbocycles. The van der Waals surface area contributed by atoms with Crippen LogP contribution in [0.5, 0.6) is 5.75 Å². The first-order chi connectivity index (χ1) is 10.2. The highest BCUT2D eigenvalue weighted by Crippen LogP contribution is 2.33. The summed E-state index contributed by atoms with van der Waals surface area (Å²) in [6, 6.07) is 10.2. The number of methoxy groups -OCH3 is 1. The molecule has 2 nitrogen and oxygen atoms in total. The van der Waals surface area contributed by atoms with E-state index in [1.54, 1.807) is 13.2 Å². The van der Waals surface area contributed by atoms with Gasteiger partial charge in [-0.3, -0.25) is 0 Å². The predicted molar refractivity (Wildman–Crippen MR) is 85.4 cm³/mol. The zero-order chi connectivity index (χ0) is 15.2. The van der Waals surface area contributed by atoms with Crippen LogP contribution in [0.3, 0.4) is 0 Å². The molecular formula is C17H19ClFNO. The lowest BCUT2D eigenvalue weighted by atomic mass is 9.99. The van der Waals surface area contributed by atoms with E-state index in [1.807, 2.05) is 18.2 Å². The molecule has 0 amide bonds.